The van der Waals surface area contributed by atoms with Crippen LogP contribution in [-0.4, -0.2) is 59.7 Å². The molecule has 0 bridgehead atoms. The standard InChI is InChI=1S/C11H19N3O3/c1-7-5-14(9(3)16)10(11(17)12-4)6-13(7)8(2)15/h7,10H,5-6H2,1-4H3,(H,12,17). The lowest BCUT2D eigenvalue weighted by atomic mass is 10.1. The summed E-state index contributed by atoms with van der Waals surface area (Å²) in [5.74, 6) is -0.457. The van der Waals surface area contributed by atoms with Gasteiger partial charge in [-0.15, -0.1) is 0 Å². The van der Waals surface area contributed by atoms with E-state index < -0.39 is 6.04 Å². The Morgan fingerprint density at radius 2 is 1.59 bits per heavy atom. The fourth-order valence-corrected chi connectivity index (χ4v) is 2.15. The van der Waals surface area contributed by atoms with E-state index in [2.05, 4.69) is 5.32 Å². The molecular formula is C11H19N3O3. The number of nitrogens with one attached hydrogen (secondary N) is 1. The maximum absolute atomic E-state index is 11.7. The van der Waals surface area contributed by atoms with Gasteiger partial charge in [0.1, 0.15) is 6.04 Å². The van der Waals surface area contributed by atoms with Gasteiger partial charge in [-0.2, -0.15) is 0 Å². The lowest BCUT2D eigenvalue weighted by Crippen LogP contribution is -2.63. The smallest absolute Gasteiger partial charge is 0.244 e. The second-order valence-electron chi connectivity index (χ2n) is 4.32. The summed E-state index contributed by atoms with van der Waals surface area (Å²) in [5, 5.41) is 2.52. The molecule has 1 heterocycles. The Morgan fingerprint density at radius 3 is 2.00 bits per heavy atom. The monoisotopic (exact) mass is 241 g/mol. The molecule has 0 aromatic rings. The van der Waals surface area contributed by atoms with Crippen LogP contribution in [0, 0.1) is 0 Å². The van der Waals surface area contributed by atoms with Crippen LogP contribution in [-0.2, 0) is 14.4 Å². The van der Waals surface area contributed by atoms with E-state index in [0.717, 1.165) is 0 Å². The van der Waals surface area contributed by atoms with Gasteiger partial charge in [-0.05, 0) is 6.92 Å². The fourth-order valence-electron chi connectivity index (χ4n) is 2.15. The van der Waals surface area contributed by atoms with E-state index in [4.69, 9.17) is 0 Å². The average molecular weight is 241 g/mol. The van der Waals surface area contributed by atoms with Crippen molar-refractivity contribution >= 4 is 17.7 Å². The largest absolute Gasteiger partial charge is 0.357 e. The van der Waals surface area contributed by atoms with E-state index in [1.807, 2.05) is 6.92 Å². The summed E-state index contributed by atoms with van der Waals surface area (Å²) >= 11 is 0. The highest BCUT2D eigenvalue weighted by atomic mass is 16.2. The summed E-state index contributed by atoms with van der Waals surface area (Å²) in [6, 6.07) is -0.644. The van der Waals surface area contributed by atoms with Crippen LogP contribution in [0.4, 0.5) is 0 Å². The average Bonchev–Trinajstić information content (AvgIpc) is 2.26. The van der Waals surface area contributed by atoms with Gasteiger partial charge >= 0.3 is 0 Å². The van der Waals surface area contributed by atoms with Crippen LogP contribution in [0.3, 0.4) is 0 Å². The van der Waals surface area contributed by atoms with Crippen molar-refractivity contribution < 1.29 is 14.4 Å². The minimum atomic E-state index is -0.586. The van der Waals surface area contributed by atoms with Gasteiger partial charge in [-0.25, -0.2) is 0 Å². The summed E-state index contributed by atoms with van der Waals surface area (Å²) in [6.45, 7) is 5.44. The molecule has 6 heteroatoms. The highest BCUT2D eigenvalue weighted by molar-refractivity contribution is 5.88. The Balaban J connectivity index is 2.92. The van der Waals surface area contributed by atoms with E-state index in [-0.39, 0.29) is 30.3 Å². The second-order valence-corrected chi connectivity index (χ2v) is 4.32. The van der Waals surface area contributed by atoms with Crippen LogP contribution in [0.25, 0.3) is 0 Å². The fraction of sp³-hybridized carbons (Fsp3) is 0.727. The van der Waals surface area contributed by atoms with Crippen LogP contribution in [0.5, 0.6) is 0 Å². The summed E-state index contributed by atoms with van der Waals surface area (Å²) < 4.78 is 0. The minimum absolute atomic E-state index is 0.0580. The highest BCUT2D eigenvalue weighted by Gasteiger charge is 2.37. The van der Waals surface area contributed by atoms with Gasteiger partial charge in [0, 0.05) is 33.5 Å². The van der Waals surface area contributed by atoms with Crippen molar-refractivity contribution in [2.75, 3.05) is 20.1 Å². The van der Waals surface area contributed by atoms with Crippen molar-refractivity contribution in [2.24, 2.45) is 0 Å². The van der Waals surface area contributed by atoms with Crippen molar-refractivity contribution in [1.29, 1.82) is 0 Å². The van der Waals surface area contributed by atoms with Crippen LogP contribution in [0.15, 0.2) is 0 Å². The molecule has 0 aromatic heterocycles. The molecule has 2 unspecified atom stereocenters. The molecule has 1 saturated heterocycles. The van der Waals surface area contributed by atoms with Crippen LogP contribution in [0.1, 0.15) is 20.8 Å². The lowest BCUT2D eigenvalue weighted by molar-refractivity contribution is -0.149. The molecule has 0 saturated carbocycles. The van der Waals surface area contributed by atoms with Crippen molar-refractivity contribution in [3.63, 3.8) is 0 Å². The number of hydrogen-bond acceptors (Lipinski definition) is 3. The first kappa shape index (κ1) is 13.5. The summed E-state index contributed by atoms with van der Waals surface area (Å²) in [7, 11) is 1.52. The zero-order valence-corrected chi connectivity index (χ0v) is 10.7. The quantitative estimate of drug-likeness (QED) is 0.653. The number of carbonyl (C=O) groups is 3. The first-order chi connectivity index (χ1) is 7.88. The zero-order chi connectivity index (χ0) is 13.2. The lowest BCUT2D eigenvalue weighted by Gasteiger charge is -2.43. The maximum Gasteiger partial charge on any atom is 0.244 e. The third-order valence-corrected chi connectivity index (χ3v) is 3.10. The molecule has 0 spiro atoms. The number of likely N-dealkylation sites (N-methyl/N-ethyl adjacent to an activating group) is 1. The van der Waals surface area contributed by atoms with Crippen LogP contribution >= 0.6 is 0 Å². The minimum Gasteiger partial charge on any atom is -0.357 e. The van der Waals surface area contributed by atoms with E-state index in [1.165, 1.54) is 25.8 Å². The Labute approximate surface area is 101 Å². The molecule has 17 heavy (non-hydrogen) atoms. The number of amides is 3. The van der Waals surface area contributed by atoms with E-state index in [9.17, 15) is 14.4 Å². The molecule has 6 nitrogen and oxygen atoms in total. The summed E-state index contributed by atoms with van der Waals surface area (Å²) in [4.78, 5) is 37.8. The van der Waals surface area contributed by atoms with E-state index >= 15 is 0 Å². The van der Waals surface area contributed by atoms with Crippen molar-refractivity contribution in [3.05, 3.63) is 0 Å². The molecule has 1 aliphatic heterocycles. The third-order valence-electron chi connectivity index (χ3n) is 3.10. The van der Waals surface area contributed by atoms with Crippen LogP contribution in [0.2, 0.25) is 0 Å². The van der Waals surface area contributed by atoms with Gasteiger partial charge < -0.3 is 15.1 Å². The predicted molar refractivity (Wildman–Crippen MR) is 62.1 cm³/mol. The number of nitrogens with zero attached hydrogens (tertiary/aromatic N) is 2. The Bertz CT molecular complexity index is 343. The second kappa shape index (κ2) is 5.16. The SMILES string of the molecule is CNC(=O)C1CN(C(C)=O)C(C)CN1C(C)=O. The maximum atomic E-state index is 11.7. The van der Waals surface area contributed by atoms with Gasteiger partial charge in [-0.1, -0.05) is 0 Å². The highest BCUT2D eigenvalue weighted by Crippen LogP contribution is 2.16. The molecule has 1 aliphatic rings. The molecule has 3 amide bonds. The van der Waals surface area contributed by atoms with Crippen molar-refractivity contribution in [1.82, 2.24) is 15.1 Å². The number of hydrogen-bond donors (Lipinski definition) is 1. The molecule has 1 N–H and O–H groups in total. The number of carbonyl (C=O) groups excluding carboxylic acids is 3. The first-order valence-corrected chi connectivity index (χ1v) is 5.64. The molecular weight excluding hydrogens is 222 g/mol. The molecule has 0 aromatic carbocycles. The molecule has 0 radical (unpaired) electrons. The van der Waals surface area contributed by atoms with Gasteiger partial charge in [-0.3, -0.25) is 14.4 Å². The predicted octanol–water partition coefficient (Wildman–Crippen LogP) is -0.800. The van der Waals surface area contributed by atoms with Crippen molar-refractivity contribution in [2.45, 2.75) is 32.9 Å². The van der Waals surface area contributed by atoms with Gasteiger partial charge in [0.25, 0.3) is 0 Å². The Hall–Kier alpha value is -1.59. The molecule has 0 aliphatic carbocycles. The van der Waals surface area contributed by atoms with Gasteiger partial charge in [0.15, 0.2) is 0 Å². The normalized spacial score (nSPS) is 24.5. The van der Waals surface area contributed by atoms with Crippen molar-refractivity contribution in [3.8, 4) is 0 Å². The molecule has 1 fully saturated rings. The summed E-state index contributed by atoms with van der Waals surface area (Å²) in [5.41, 5.74) is 0. The molecule has 2 atom stereocenters. The van der Waals surface area contributed by atoms with Gasteiger partial charge in [0.05, 0.1) is 6.54 Å². The Morgan fingerprint density at radius 1 is 1.06 bits per heavy atom. The summed E-state index contributed by atoms with van der Waals surface area (Å²) in [6.07, 6.45) is 0. The number of rotatable bonds is 1. The van der Waals surface area contributed by atoms with Crippen LogP contribution < -0.4 is 5.32 Å². The van der Waals surface area contributed by atoms with E-state index in [0.29, 0.717) is 6.54 Å². The zero-order valence-electron chi connectivity index (χ0n) is 10.7. The third kappa shape index (κ3) is 2.75. The first-order valence-electron chi connectivity index (χ1n) is 5.64. The number of piperazine rings is 1. The topological polar surface area (TPSA) is 69.7 Å². The molecule has 96 valence electrons. The van der Waals surface area contributed by atoms with Gasteiger partial charge in [0.2, 0.25) is 17.7 Å². The molecule has 1 rings (SSSR count). The Kier molecular flexibility index (Phi) is 4.09. The van der Waals surface area contributed by atoms with E-state index in [1.54, 1.807) is 4.90 Å².